The SMILES string of the molecule is O=c1cnn2c(c1O)-c1nccn1CC2C(c1ccc(F)cc1)c1ccc(F)cc1. The number of fused-ring (bicyclic) bond motifs is 3. The van der Waals surface area contributed by atoms with Gasteiger partial charge in [-0.1, -0.05) is 24.3 Å². The first kappa shape index (κ1) is 18.2. The van der Waals surface area contributed by atoms with Crippen molar-refractivity contribution >= 4 is 0 Å². The van der Waals surface area contributed by atoms with E-state index in [1.165, 1.54) is 24.3 Å². The second kappa shape index (κ2) is 6.91. The second-order valence-electron chi connectivity index (χ2n) is 7.20. The molecule has 1 aliphatic heterocycles. The highest BCUT2D eigenvalue weighted by molar-refractivity contribution is 5.60. The molecule has 0 fully saturated rings. The maximum Gasteiger partial charge on any atom is 0.242 e. The third-order valence-corrected chi connectivity index (χ3v) is 5.45. The van der Waals surface area contributed by atoms with E-state index in [1.54, 1.807) is 41.3 Å². The molecule has 0 bridgehead atoms. The maximum atomic E-state index is 13.6. The lowest BCUT2D eigenvalue weighted by molar-refractivity contribution is 0.331. The van der Waals surface area contributed by atoms with Crippen molar-refractivity contribution in [2.45, 2.75) is 18.5 Å². The van der Waals surface area contributed by atoms with E-state index in [0.717, 1.165) is 17.3 Å². The first-order valence-corrected chi connectivity index (χ1v) is 9.36. The van der Waals surface area contributed by atoms with Gasteiger partial charge < -0.3 is 9.67 Å². The average molecular weight is 406 g/mol. The van der Waals surface area contributed by atoms with E-state index >= 15 is 0 Å². The molecule has 1 aliphatic rings. The van der Waals surface area contributed by atoms with Gasteiger partial charge in [0.2, 0.25) is 5.43 Å². The lowest BCUT2D eigenvalue weighted by atomic mass is 9.84. The van der Waals surface area contributed by atoms with E-state index in [-0.39, 0.29) is 29.3 Å². The molecule has 0 spiro atoms. The highest BCUT2D eigenvalue weighted by atomic mass is 19.1. The van der Waals surface area contributed by atoms with Gasteiger partial charge in [0.25, 0.3) is 0 Å². The van der Waals surface area contributed by atoms with Gasteiger partial charge in [-0.05, 0) is 35.4 Å². The summed E-state index contributed by atoms with van der Waals surface area (Å²) in [6.07, 6.45) is 4.41. The zero-order valence-corrected chi connectivity index (χ0v) is 15.6. The van der Waals surface area contributed by atoms with Crippen LogP contribution in [0.2, 0.25) is 0 Å². The third-order valence-electron chi connectivity index (χ3n) is 5.45. The van der Waals surface area contributed by atoms with Crippen LogP contribution in [0.1, 0.15) is 23.1 Å². The van der Waals surface area contributed by atoms with Gasteiger partial charge in [-0.3, -0.25) is 9.48 Å². The zero-order valence-electron chi connectivity index (χ0n) is 15.6. The Bertz CT molecular complexity index is 1230. The molecule has 1 N–H and O–H groups in total. The van der Waals surface area contributed by atoms with Crippen LogP contribution in [-0.4, -0.2) is 24.4 Å². The highest BCUT2D eigenvalue weighted by Crippen LogP contribution is 2.42. The minimum atomic E-state index is -0.600. The van der Waals surface area contributed by atoms with Crippen LogP contribution in [0.5, 0.6) is 5.75 Å². The molecular weight excluding hydrogens is 390 g/mol. The summed E-state index contributed by atoms with van der Waals surface area (Å²) >= 11 is 0. The Balaban J connectivity index is 1.74. The molecule has 3 heterocycles. The number of hydrogen-bond donors (Lipinski definition) is 1. The smallest absolute Gasteiger partial charge is 0.242 e. The largest absolute Gasteiger partial charge is 0.503 e. The number of imidazole rings is 1. The summed E-state index contributed by atoms with van der Waals surface area (Å²) in [6.45, 7) is 0.442. The van der Waals surface area contributed by atoms with E-state index < -0.39 is 11.2 Å². The normalized spacial score (nSPS) is 15.1. The Hall–Kier alpha value is -3.81. The molecule has 0 aliphatic carbocycles. The minimum Gasteiger partial charge on any atom is -0.503 e. The molecule has 6 nitrogen and oxygen atoms in total. The minimum absolute atomic E-state index is 0.220. The maximum absolute atomic E-state index is 13.6. The van der Waals surface area contributed by atoms with Crippen LogP contribution in [0.25, 0.3) is 11.5 Å². The Kier molecular flexibility index (Phi) is 4.20. The van der Waals surface area contributed by atoms with Crippen LogP contribution in [0.3, 0.4) is 0 Å². The highest BCUT2D eigenvalue weighted by Gasteiger charge is 2.35. The van der Waals surface area contributed by atoms with Crippen molar-refractivity contribution in [1.82, 2.24) is 19.3 Å². The first-order chi connectivity index (χ1) is 14.5. The number of aromatic hydroxyl groups is 1. The van der Waals surface area contributed by atoms with E-state index in [2.05, 4.69) is 10.1 Å². The predicted octanol–water partition coefficient (Wildman–Crippen LogP) is 3.48. The fourth-order valence-electron chi connectivity index (χ4n) is 4.09. The van der Waals surface area contributed by atoms with Crippen molar-refractivity contribution in [3.05, 3.63) is 100 Å². The molecule has 150 valence electrons. The fraction of sp³-hybridized carbons (Fsp3) is 0.136. The molecule has 5 rings (SSSR count). The Morgan fingerprint density at radius 1 is 1.00 bits per heavy atom. The summed E-state index contributed by atoms with van der Waals surface area (Å²) in [4.78, 5) is 16.3. The molecular formula is C22H16F2N4O2. The van der Waals surface area contributed by atoms with Gasteiger partial charge in [0, 0.05) is 24.9 Å². The van der Waals surface area contributed by atoms with E-state index in [1.807, 2.05) is 4.57 Å². The van der Waals surface area contributed by atoms with Crippen LogP contribution >= 0.6 is 0 Å². The van der Waals surface area contributed by atoms with Gasteiger partial charge in [0.1, 0.15) is 17.3 Å². The Morgan fingerprint density at radius 2 is 1.60 bits per heavy atom. The van der Waals surface area contributed by atoms with Gasteiger partial charge in [-0.2, -0.15) is 5.10 Å². The molecule has 4 aromatic rings. The summed E-state index contributed by atoms with van der Waals surface area (Å²) in [5.41, 5.74) is 1.21. The molecule has 0 saturated heterocycles. The van der Waals surface area contributed by atoms with Gasteiger partial charge in [0.15, 0.2) is 11.6 Å². The van der Waals surface area contributed by atoms with Crippen molar-refractivity contribution in [2.75, 3.05) is 0 Å². The summed E-state index contributed by atoms with van der Waals surface area (Å²) in [5.74, 6) is -1.08. The van der Waals surface area contributed by atoms with E-state index in [4.69, 9.17) is 0 Å². The van der Waals surface area contributed by atoms with E-state index in [9.17, 15) is 18.7 Å². The molecule has 8 heteroatoms. The molecule has 0 saturated carbocycles. The summed E-state index contributed by atoms with van der Waals surface area (Å²) in [7, 11) is 0. The zero-order chi connectivity index (χ0) is 20.8. The molecule has 1 unspecified atom stereocenters. The summed E-state index contributed by atoms with van der Waals surface area (Å²) in [6, 6.07) is 11.8. The van der Waals surface area contributed by atoms with Crippen molar-refractivity contribution in [3.63, 3.8) is 0 Å². The second-order valence-corrected chi connectivity index (χ2v) is 7.20. The Labute approximate surface area is 169 Å². The van der Waals surface area contributed by atoms with Crippen molar-refractivity contribution in [3.8, 4) is 17.3 Å². The van der Waals surface area contributed by atoms with Crippen molar-refractivity contribution in [2.24, 2.45) is 0 Å². The van der Waals surface area contributed by atoms with Crippen LogP contribution in [0.15, 0.2) is 71.9 Å². The number of halogens is 2. The van der Waals surface area contributed by atoms with Gasteiger partial charge in [0.05, 0.1) is 12.2 Å². The number of hydrogen-bond acceptors (Lipinski definition) is 4. The first-order valence-electron chi connectivity index (χ1n) is 9.36. The van der Waals surface area contributed by atoms with Crippen LogP contribution < -0.4 is 5.43 Å². The molecule has 2 aromatic heterocycles. The molecule has 2 aromatic carbocycles. The molecule has 30 heavy (non-hydrogen) atoms. The molecule has 1 atom stereocenters. The van der Waals surface area contributed by atoms with Crippen LogP contribution in [0.4, 0.5) is 8.78 Å². The van der Waals surface area contributed by atoms with Crippen LogP contribution in [-0.2, 0) is 6.54 Å². The molecule has 0 amide bonds. The average Bonchev–Trinajstić information content (AvgIpc) is 3.22. The van der Waals surface area contributed by atoms with Gasteiger partial charge in [-0.25, -0.2) is 13.8 Å². The van der Waals surface area contributed by atoms with Gasteiger partial charge >= 0.3 is 0 Å². The number of aromatic nitrogens is 4. The quantitative estimate of drug-likeness (QED) is 0.565. The fourth-order valence-corrected chi connectivity index (χ4v) is 4.09. The van der Waals surface area contributed by atoms with Gasteiger partial charge in [-0.15, -0.1) is 0 Å². The van der Waals surface area contributed by atoms with Crippen molar-refractivity contribution in [1.29, 1.82) is 0 Å². The lowest BCUT2D eigenvalue weighted by Gasteiger charge is -2.34. The molecule has 0 radical (unpaired) electrons. The summed E-state index contributed by atoms with van der Waals surface area (Å²) < 4.78 is 30.6. The van der Waals surface area contributed by atoms with E-state index in [0.29, 0.717) is 12.4 Å². The summed E-state index contributed by atoms with van der Waals surface area (Å²) in [5, 5.41) is 14.8. The number of nitrogens with zero attached hydrogens (tertiary/aromatic N) is 4. The Morgan fingerprint density at radius 3 is 2.20 bits per heavy atom. The predicted molar refractivity (Wildman–Crippen MR) is 105 cm³/mol. The number of rotatable bonds is 3. The number of benzene rings is 2. The monoisotopic (exact) mass is 406 g/mol. The standard InChI is InChI=1S/C22H16F2N4O2/c23-15-5-1-13(2-6-15)19(14-3-7-16(24)8-4-14)17-12-27-10-9-25-22(27)20-21(30)18(29)11-26-28(17)20/h1-11,17,19,30H,12H2. The van der Waals surface area contributed by atoms with Crippen molar-refractivity contribution < 1.29 is 13.9 Å². The third kappa shape index (κ3) is 2.88. The lowest BCUT2D eigenvalue weighted by Crippen LogP contribution is -2.32. The topological polar surface area (TPSA) is 72.9 Å². The van der Waals surface area contributed by atoms with Crippen LogP contribution in [0, 0.1) is 11.6 Å².